The van der Waals surface area contributed by atoms with Crippen LogP contribution < -0.4 is 10.6 Å². The quantitative estimate of drug-likeness (QED) is 0.473. The summed E-state index contributed by atoms with van der Waals surface area (Å²) in [5, 5.41) is 20.2. The van der Waals surface area contributed by atoms with Crippen LogP contribution in [0.5, 0.6) is 0 Å². The van der Waals surface area contributed by atoms with E-state index < -0.39 is 5.82 Å². The lowest BCUT2D eigenvalue weighted by Gasteiger charge is -2.37. The molecule has 6 rings (SSSR count). The minimum absolute atomic E-state index is 0.0531. The highest BCUT2D eigenvalue weighted by molar-refractivity contribution is 6.04. The molecule has 1 saturated heterocycles. The molecule has 9 heteroatoms. The molecule has 0 saturated carbocycles. The third kappa shape index (κ3) is 4.08. The Morgan fingerprint density at radius 3 is 2.75 bits per heavy atom. The summed E-state index contributed by atoms with van der Waals surface area (Å²) in [5.41, 5.74) is 4.85. The lowest BCUT2D eigenvalue weighted by Crippen LogP contribution is -2.36. The van der Waals surface area contributed by atoms with Crippen molar-refractivity contribution in [1.82, 2.24) is 25.0 Å². The number of aliphatic hydroxyl groups excluding tert-OH is 1. The van der Waals surface area contributed by atoms with Gasteiger partial charge in [-0.05, 0) is 54.8 Å². The zero-order valence-corrected chi connectivity index (χ0v) is 20.0. The lowest BCUT2D eigenvalue weighted by atomic mass is 9.77. The van der Waals surface area contributed by atoms with Crippen molar-refractivity contribution in [2.75, 3.05) is 31.6 Å². The normalized spacial score (nSPS) is 21.1. The summed E-state index contributed by atoms with van der Waals surface area (Å²) < 4.78 is 16.4. The van der Waals surface area contributed by atoms with Crippen molar-refractivity contribution >= 4 is 17.2 Å². The number of nitrogens with one attached hydrogen (secondary N) is 2. The van der Waals surface area contributed by atoms with Gasteiger partial charge in [-0.3, -0.25) is 9.69 Å². The summed E-state index contributed by atoms with van der Waals surface area (Å²) >= 11 is 0. The molecule has 0 bridgehead atoms. The van der Waals surface area contributed by atoms with Gasteiger partial charge in [-0.25, -0.2) is 14.1 Å². The number of hydrogen-bond acceptors (Lipinski definition) is 6. The maximum absolute atomic E-state index is 14.6. The van der Waals surface area contributed by atoms with E-state index in [2.05, 4.69) is 49.9 Å². The van der Waals surface area contributed by atoms with Crippen molar-refractivity contribution in [2.45, 2.75) is 37.9 Å². The fourth-order valence-corrected chi connectivity index (χ4v) is 5.47. The average Bonchev–Trinajstić information content (AvgIpc) is 3.25. The van der Waals surface area contributed by atoms with Gasteiger partial charge >= 0.3 is 0 Å². The van der Waals surface area contributed by atoms with E-state index in [1.54, 1.807) is 0 Å². The Morgan fingerprint density at radius 2 is 2.00 bits per heavy atom. The largest absolute Gasteiger partial charge is 0.396 e. The fourth-order valence-electron chi connectivity index (χ4n) is 5.47. The number of carbonyl (C=O) groups excluding carboxylic acids is 1. The minimum Gasteiger partial charge on any atom is -0.396 e. The van der Waals surface area contributed by atoms with Crippen molar-refractivity contribution in [3.8, 4) is 0 Å². The van der Waals surface area contributed by atoms with Crippen LogP contribution in [0.1, 0.15) is 57.7 Å². The molecule has 36 heavy (non-hydrogen) atoms. The van der Waals surface area contributed by atoms with Crippen LogP contribution >= 0.6 is 0 Å². The van der Waals surface area contributed by atoms with Gasteiger partial charge in [0.1, 0.15) is 18.0 Å². The van der Waals surface area contributed by atoms with E-state index in [9.17, 15) is 14.3 Å². The number of aliphatic hydroxyl groups is 1. The summed E-state index contributed by atoms with van der Waals surface area (Å²) in [5.74, 6) is -0.280. The fraction of sp³-hybridized carbons (Fsp3) is 0.370. The van der Waals surface area contributed by atoms with Gasteiger partial charge in [0.25, 0.3) is 5.91 Å². The number of aryl methyl sites for hydroxylation is 1. The summed E-state index contributed by atoms with van der Waals surface area (Å²) in [7, 11) is 0. The first-order valence-corrected chi connectivity index (χ1v) is 12.5. The average molecular weight is 489 g/mol. The third-order valence-corrected chi connectivity index (χ3v) is 7.35. The van der Waals surface area contributed by atoms with Crippen LogP contribution in [0.25, 0.3) is 5.57 Å². The topological polar surface area (TPSA) is 95.3 Å². The Morgan fingerprint density at radius 1 is 1.17 bits per heavy atom. The second kappa shape index (κ2) is 9.48. The Labute approximate surface area is 208 Å². The first kappa shape index (κ1) is 22.9. The highest BCUT2D eigenvalue weighted by Gasteiger charge is 2.40. The van der Waals surface area contributed by atoms with E-state index in [1.807, 2.05) is 10.8 Å². The molecule has 186 valence electrons. The molecule has 8 nitrogen and oxygen atoms in total. The Kier molecular flexibility index (Phi) is 6.02. The predicted octanol–water partition coefficient (Wildman–Crippen LogP) is 3.08. The maximum atomic E-state index is 14.6. The van der Waals surface area contributed by atoms with Crippen LogP contribution in [0.3, 0.4) is 0 Å². The third-order valence-electron chi connectivity index (χ3n) is 7.35. The highest BCUT2D eigenvalue weighted by atomic mass is 19.1. The molecule has 1 fully saturated rings. The van der Waals surface area contributed by atoms with Gasteiger partial charge in [0.15, 0.2) is 0 Å². The van der Waals surface area contributed by atoms with E-state index in [0.717, 1.165) is 36.6 Å². The van der Waals surface area contributed by atoms with Gasteiger partial charge in [-0.15, -0.1) is 0 Å². The number of likely N-dealkylation sites (tertiary alicyclic amines) is 1. The molecule has 2 atom stereocenters. The summed E-state index contributed by atoms with van der Waals surface area (Å²) in [6.45, 7) is 4.14. The summed E-state index contributed by atoms with van der Waals surface area (Å²) in [4.78, 5) is 19.9. The molecule has 0 spiro atoms. The van der Waals surface area contributed by atoms with Crippen molar-refractivity contribution in [3.63, 3.8) is 0 Å². The molecule has 3 N–H and O–H groups in total. The van der Waals surface area contributed by atoms with Crippen LogP contribution in [0, 0.1) is 5.82 Å². The Hall–Kier alpha value is -3.56. The lowest BCUT2D eigenvalue weighted by molar-refractivity contribution is 0.0958. The van der Waals surface area contributed by atoms with Crippen LogP contribution in [0.4, 0.5) is 10.1 Å². The number of halogens is 1. The van der Waals surface area contributed by atoms with Gasteiger partial charge < -0.3 is 15.7 Å². The standard InChI is InChI=1S/C27H29FN6O2/c28-19-13-21-23-20(7-8-29-27(21)36)24(26-30-16-31-34(26)11-2-12-35)25(32-22(23)14-19)18-5-3-17(4-6-18)15-33-9-1-10-33/h3-7,13-14,16,24-25,32,35H,1-2,8-12,15H2,(H,29,36). The molecule has 0 aliphatic carbocycles. The van der Waals surface area contributed by atoms with Crippen molar-refractivity contribution in [3.05, 3.63) is 82.7 Å². The molecule has 3 aromatic rings. The number of aromatic nitrogens is 3. The van der Waals surface area contributed by atoms with Crippen LogP contribution in [0.2, 0.25) is 0 Å². The van der Waals surface area contributed by atoms with Crippen LogP contribution in [-0.4, -0.2) is 56.9 Å². The van der Waals surface area contributed by atoms with Gasteiger partial charge in [-0.1, -0.05) is 30.3 Å². The second-order valence-electron chi connectivity index (χ2n) is 9.63. The van der Waals surface area contributed by atoms with E-state index in [-0.39, 0.29) is 24.5 Å². The number of benzene rings is 2. The molecule has 4 heterocycles. The van der Waals surface area contributed by atoms with Crippen LogP contribution in [0.15, 0.2) is 48.8 Å². The van der Waals surface area contributed by atoms with E-state index in [4.69, 9.17) is 0 Å². The molecular weight excluding hydrogens is 459 g/mol. The van der Waals surface area contributed by atoms with E-state index in [0.29, 0.717) is 36.3 Å². The number of hydrogen-bond donors (Lipinski definition) is 3. The maximum Gasteiger partial charge on any atom is 0.252 e. The molecule has 1 aromatic heterocycles. The van der Waals surface area contributed by atoms with E-state index in [1.165, 1.54) is 30.4 Å². The first-order valence-electron chi connectivity index (χ1n) is 12.5. The SMILES string of the molecule is O=C1NCC=C2c3c(cc(F)cc31)NC(c1ccc(CN3CCC3)cc1)C2c1ncnn1CCCO. The molecule has 2 aromatic carbocycles. The number of rotatable bonds is 7. The molecule has 2 unspecified atom stereocenters. The van der Waals surface area contributed by atoms with Gasteiger partial charge in [0.05, 0.1) is 17.5 Å². The zero-order valence-electron chi connectivity index (χ0n) is 20.0. The van der Waals surface area contributed by atoms with Gasteiger partial charge in [0.2, 0.25) is 0 Å². The smallest absolute Gasteiger partial charge is 0.252 e. The molecule has 1 amide bonds. The van der Waals surface area contributed by atoms with Gasteiger partial charge in [-0.2, -0.15) is 5.10 Å². The predicted molar refractivity (Wildman–Crippen MR) is 134 cm³/mol. The first-order chi connectivity index (χ1) is 17.6. The molecule has 0 radical (unpaired) electrons. The minimum atomic E-state index is -0.458. The number of anilines is 1. The molecule has 3 aliphatic heterocycles. The second-order valence-corrected chi connectivity index (χ2v) is 9.63. The summed E-state index contributed by atoms with van der Waals surface area (Å²) in [6, 6.07) is 11.1. The van der Waals surface area contributed by atoms with Crippen LogP contribution in [-0.2, 0) is 13.1 Å². The van der Waals surface area contributed by atoms with Crippen molar-refractivity contribution < 1.29 is 14.3 Å². The van der Waals surface area contributed by atoms with Crippen molar-refractivity contribution in [2.24, 2.45) is 0 Å². The number of carbonyl (C=O) groups is 1. The molecular formula is C27H29FN6O2. The Bertz CT molecular complexity index is 1310. The summed E-state index contributed by atoms with van der Waals surface area (Å²) in [6.07, 6.45) is 5.35. The zero-order chi connectivity index (χ0) is 24.6. The monoisotopic (exact) mass is 488 g/mol. The molecule has 3 aliphatic rings. The number of nitrogens with zero attached hydrogens (tertiary/aromatic N) is 4. The van der Waals surface area contributed by atoms with Gasteiger partial charge in [0, 0.05) is 37.5 Å². The van der Waals surface area contributed by atoms with Crippen molar-refractivity contribution in [1.29, 1.82) is 0 Å². The number of amides is 1. The highest BCUT2D eigenvalue weighted by Crippen LogP contribution is 2.50. The Balaban J connectivity index is 1.46. The van der Waals surface area contributed by atoms with E-state index >= 15 is 0 Å².